The molecule has 2 unspecified atom stereocenters. The lowest BCUT2D eigenvalue weighted by molar-refractivity contribution is 0.0414. The van der Waals surface area contributed by atoms with Crippen LogP contribution in [0, 0.1) is 5.92 Å². The summed E-state index contributed by atoms with van der Waals surface area (Å²) in [4.78, 5) is 33.9. The molecule has 1 aromatic heterocycles. The highest BCUT2D eigenvalue weighted by Crippen LogP contribution is 2.36. The topological polar surface area (TPSA) is 62.7 Å². The molecule has 0 saturated carbocycles. The second-order valence-corrected chi connectivity index (χ2v) is 9.50. The SMILES string of the molecule is C=CCC1CCc2c(nc3cc(C(=O)N4CCN(C(=O)OCCC)CC4C)ccc3c2Cl)C1. The van der Waals surface area contributed by atoms with E-state index in [1.807, 2.05) is 43.0 Å². The van der Waals surface area contributed by atoms with E-state index in [4.69, 9.17) is 21.3 Å². The molecule has 1 aliphatic heterocycles. The molecule has 2 aliphatic rings. The maximum absolute atomic E-state index is 13.3. The van der Waals surface area contributed by atoms with Crippen LogP contribution in [0.2, 0.25) is 5.02 Å². The van der Waals surface area contributed by atoms with Crippen LogP contribution < -0.4 is 0 Å². The van der Waals surface area contributed by atoms with E-state index in [1.54, 1.807) is 4.90 Å². The molecule has 4 rings (SSSR count). The normalized spacial score (nSPS) is 20.5. The number of benzene rings is 1. The third-order valence-electron chi connectivity index (χ3n) is 6.71. The highest BCUT2D eigenvalue weighted by atomic mass is 35.5. The van der Waals surface area contributed by atoms with Crippen molar-refractivity contribution in [2.75, 3.05) is 26.2 Å². The summed E-state index contributed by atoms with van der Waals surface area (Å²) in [5.41, 5.74) is 3.54. The van der Waals surface area contributed by atoms with Gasteiger partial charge in [-0.05, 0) is 62.6 Å². The fourth-order valence-corrected chi connectivity index (χ4v) is 5.26. The number of hydrogen-bond donors (Lipinski definition) is 0. The number of pyridine rings is 1. The number of hydrogen-bond acceptors (Lipinski definition) is 4. The maximum atomic E-state index is 13.3. The zero-order chi connectivity index (χ0) is 23.5. The van der Waals surface area contributed by atoms with Gasteiger partial charge in [-0.25, -0.2) is 4.79 Å². The Kier molecular flexibility index (Phi) is 7.23. The number of aromatic nitrogens is 1. The fraction of sp³-hybridized carbons (Fsp3) is 0.500. The van der Waals surface area contributed by atoms with Crippen LogP contribution in [0.5, 0.6) is 0 Å². The van der Waals surface area contributed by atoms with Crippen molar-refractivity contribution in [3.05, 3.63) is 52.7 Å². The van der Waals surface area contributed by atoms with E-state index in [2.05, 4.69) is 6.58 Å². The number of carbonyl (C=O) groups is 2. The van der Waals surface area contributed by atoms with Crippen LogP contribution in [0.3, 0.4) is 0 Å². The minimum absolute atomic E-state index is 0.0499. The second kappa shape index (κ2) is 10.1. The number of carbonyl (C=O) groups excluding carboxylic acids is 2. The maximum Gasteiger partial charge on any atom is 0.409 e. The minimum Gasteiger partial charge on any atom is -0.449 e. The van der Waals surface area contributed by atoms with Gasteiger partial charge in [0.25, 0.3) is 5.91 Å². The Morgan fingerprint density at radius 1 is 1.33 bits per heavy atom. The van der Waals surface area contributed by atoms with E-state index in [1.165, 1.54) is 0 Å². The summed E-state index contributed by atoms with van der Waals surface area (Å²) in [7, 11) is 0. The largest absolute Gasteiger partial charge is 0.449 e. The van der Waals surface area contributed by atoms with Crippen molar-refractivity contribution in [3.63, 3.8) is 0 Å². The van der Waals surface area contributed by atoms with E-state index in [0.29, 0.717) is 37.7 Å². The summed E-state index contributed by atoms with van der Waals surface area (Å²) in [5.74, 6) is 0.494. The van der Waals surface area contributed by atoms with Crippen molar-refractivity contribution in [1.29, 1.82) is 0 Å². The molecule has 2 aromatic rings. The molecule has 7 heteroatoms. The van der Waals surface area contributed by atoms with Crippen LogP contribution in [-0.2, 0) is 17.6 Å². The summed E-state index contributed by atoms with van der Waals surface area (Å²) in [6.07, 6.45) is 6.35. The molecule has 1 aliphatic carbocycles. The molecule has 0 N–H and O–H groups in total. The van der Waals surface area contributed by atoms with Gasteiger partial charge in [0.1, 0.15) is 0 Å². The molecule has 6 nitrogen and oxygen atoms in total. The van der Waals surface area contributed by atoms with E-state index < -0.39 is 0 Å². The van der Waals surface area contributed by atoms with Gasteiger partial charge < -0.3 is 14.5 Å². The van der Waals surface area contributed by atoms with Gasteiger partial charge in [0.15, 0.2) is 0 Å². The summed E-state index contributed by atoms with van der Waals surface area (Å²) in [6, 6.07) is 5.51. The molecular formula is C26H32ClN3O3. The Balaban J connectivity index is 1.53. The first-order chi connectivity index (χ1) is 15.9. The average molecular weight is 470 g/mol. The highest BCUT2D eigenvalue weighted by molar-refractivity contribution is 6.36. The van der Waals surface area contributed by atoms with Gasteiger partial charge in [-0.2, -0.15) is 0 Å². The van der Waals surface area contributed by atoms with Crippen molar-refractivity contribution in [2.24, 2.45) is 5.92 Å². The van der Waals surface area contributed by atoms with Gasteiger partial charge in [0, 0.05) is 42.3 Å². The van der Waals surface area contributed by atoms with Crippen molar-refractivity contribution in [3.8, 4) is 0 Å². The van der Waals surface area contributed by atoms with Gasteiger partial charge in [-0.1, -0.05) is 30.7 Å². The van der Waals surface area contributed by atoms with Crippen LogP contribution in [0.15, 0.2) is 30.9 Å². The summed E-state index contributed by atoms with van der Waals surface area (Å²) in [6.45, 7) is 9.61. The first kappa shape index (κ1) is 23.6. The van der Waals surface area contributed by atoms with E-state index in [0.717, 1.165) is 59.3 Å². The average Bonchev–Trinajstić information content (AvgIpc) is 2.82. The van der Waals surface area contributed by atoms with E-state index >= 15 is 0 Å². The smallest absolute Gasteiger partial charge is 0.409 e. The van der Waals surface area contributed by atoms with Crippen LogP contribution in [0.4, 0.5) is 4.79 Å². The number of rotatable bonds is 5. The van der Waals surface area contributed by atoms with Crippen LogP contribution in [0.25, 0.3) is 10.9 Å². The molecule has 1 fully saturated rings. The Morgan fingerprint density at radius 2 is 2.15 bits per heavy atom. The van der Waals surface area contributed by atoms with E-state index in [9.17, 15) is 9.59 Å². The molecule has 2 atom stereocenters. The fourth-order valence-electron chi connectivity index (χ4n) is 4.90. The molecule has 0 spiro atoms. The van der Waals surface area contributed by atoms with Gasteiger partial charge in [0.05, 0.1) is 17.1 Å². The van der Waals surface area contributed by atoms with Gasteiger partial charge in [0.2, 0.25) is 0 Å². The number of allylic oxidation sites excluding steroid dienone is 1. The van der Waals surface area contributed by atoms with Crippen molar-refractivity contribution in [2.45, 2.75) is 52.0 Å². The Labute approximate surface area is 200 Å². The predicted octanol–water partition coefficient (Wildman–Crippen LogP) is 5.26. The van der Waals surface area contributed by atoms with E-state index in [-0.39, 0.29) is 18.0 Å². The van der Waals surface area contributed by atoms with Gasteiger partial charge in [-0.15, -0.1) is 6.58 Å². The Hall–Kier alpha value is -2.60. The molecule has 176 valence electrons. The van der Waals surface area contributed by atoms with Crippen LogP contribution in [-0.4, -0.2) is 59.1 Å². The molecule has 2 heterocycles. The molecule has 1 saturated heterocycles. The third-order valence-corrected chi connectivity index (χ3v) is 7.14. The minimum atomic E-state index is -0.306. The number of nitrogens with zero attached hydrogens (tertiary/aromatic N) is 3. The number of ether oxygens (including phenoxy) is 1. The van der Waals surface area contributed by atoms with Gasteiger partial charge in [-0.3, -0.25) is 9.78 Å². The van der Waals surface area contributed by atoms with Crippen LogP contribution in [0.1, 0.15) is 54.7 Å². The molecule has 0 radical (unpaired) electrons. The monoisotopic (exact) mass is 469 g/mol. The summed E-state index contributed by atoms with van der Waals surface area (Å²) >= 11 is 6.77. The van der Waals surface area contributed by atoms with Crippen LogP contribution >= 0.6 is 11.6 Å². The second-order valence-electron chi connectivity index (χ2n) is 9.12. The molecular weight excluding hydrogens is 438 g/mol. The number of piperazine rings is 1. The standard InChI is InChI=1S/C26H32ClN3O3/c1-4-6-18-7-9-20-22(14-18)28-23-15-19(8-10-21(23)24(20)27)25(31)30-12-11-29(16-17(30)3)26(32)33-13-5-2/h4,8,10,15,17-18H,1,5-7,9,11-14,16H2,2-3H3. The molecule has 33 heavy (non-hydrogen) atoms. The number of fused-ring (bicyclic) bond motifs is 2. The zero-order valence-corrected chi connectivity index (χ0v) is 20.2. The lowest BCUT2D eigenvalue weighted by atomic mass is 9.84. The Morgan fingerprint density at radius 3 is 2.88 bits per heavy atom. The lowest BCUT2D eigenvalue weighted by Gasteiger charge is -2.39. The summed E-state index contributed by atoms with van der Waals surface area (Å²) < 4.78 is 5.24. The highest BCUT2D eigenvalue weighted by Gasteiger charge is 2.31. The zero-order valence-electron chi connectivity index (χ0n) is 19.5. The number of halogens is 1. The quantitative estimate of drug-likeness (QED) is 0.560. The third kappa shape index (κ3) is 4.86. The summed E-state index contributed by atoms with van der Waals surface area (Å²) in [5, 5.41) is 1.66. The Bertz CT molecular complexity index is 1070. The van der Waals surface area contributed by atoms with Gasteiger partial charge >= 0.3 is 6.09 Å². The molecule has 2 amide bonds. The van der Waals surface area contributed by atoms with Crippen molar-refractivity contribution < 1.29 is 14.3 Å². The molecule has 1 aromatic carbocycles. The molecule has 0 bridgehead atoms. The number of amides is 2. The van der Waals surface area contributed by atoms with Crippen molar-refractivity contribution >= 4 is 34.5 Å². The first-order valence-corrected chi connectivity index (χ1v) is 12.2. The predicted molar refractivity (Wildman–Crippen MR) is 131 cm³/mol. The van der Waals surface area contributed by atoms with Crippen molar-refractivity contribution in [1.82, 2.24) is 14.8 Å². The first-order valence-electron chi connectivity index (χ1n) is 11.9. The lowest BCUT2D eigenvalue weighted by Crippen LogP contribution is -2.55.